The van der Waals surface area contributed by atoms with Crippen molar-refractivity contribution in [2.24, 2.45) is 5.41 Å². The lowest BCUT2D eigenvalue weighted by Crippen LogP contribution is -2.42. The summed E-state index contributed by atoms with van der Waals surface area (Å²) in [5, 5.41) is 5.61. The summed E-state index contributed by atoms with van der Waals surface area (Å²) in [4.78, 5) is 46.1. The van der Waals surface area contributed by atoms with E-state index in [1.807, 2.05) is 31.1 Å². The van der Waals surface area contributed by atoms with Gasteiger partial charge in [-0.1, -0.05) is 17.9 Å². The molecule has 1 saturated heterocycles. The maximum atomic E-state index is 13.1. The van der Waals surface area contributed by atoms with E-state index >= 15 is 0 Å². The zero-order valence-electron chi connectivity index (χ0n) is 19.5. The minimum Gasteiger partial charge on any atom is -0.497 e. The summed E-state index contributed by atoms with van der Waals surface area (Å²) in [5.74, 6) is 6.18. The first-order valence-corrected chi connectivity index (χ1v) is 11.0. The monoisotopic (exact) mass is 461 g/mol. The number of hydrogen-bond acceptors (Lipinski definition) is 7. The molecule has 9 nitrogen and oxygen atoms in total. The Morgan fingerprint density at radius 3 is 2.79 bits per heavy atom. The number of benzene rings is 1. The van der Waals surface area contributed by atoms with Crippen LogP contribution in [0.2, 0.25) is 0 Å². The van der Waals surface area contributed by atoms with Crippen LogP contribution >= 0.6 is 0 Å². The Kier molecular flexibility index (Phi) is 6.52. The third kappa shape index (κ3) is 4.72. The fraction of sp³-hybridized carbons (Fsp3) is 0.360. The van der Waals surface area contributed by atoms with Crippen molar-refractivity contribution in [3.05, 3.63) is 53.2 Å². The third-order valence-corrected chi connectivity index (χ3v) is 5.90. The molecule has 0 radical (unpaired) electrons. The van der Waals surface area contributed by atoms with Gasteiger partial charge in [0.05, 0.1) is 19.1 Å². The maximum Gasteiger partial charge on any atom is 0.254 e. The molecule has 1 unspecified atom stereocenters. The highest BCUT2D eigenvalue weighted by Crippen LogP contribution is 2.33. The van der Waals surface area contributed by atoms with Crippen molar-refractivity contribution in [1.29, 1.82) is 0 Å². The number of hydrogen-bond donors (Lipinski definition) is 2. The Morgan fingerprint density at radius 1 is 1.26 bits per heavy atom. The lowest BCUT2D eigenvalue weighted by Gasteiger charge is -2.25. The Balaban J connectivity index is 1.60. The zero-order valence-corrected chi connectivity index (χ0v) is 19.5. The van der Waals surface area contributed by atoms with E-state index in [0.717, 1.165) is 12.1 Å². The van der Waals surface area contributed by atoms with Crippen molar-refractivity contribution in [1.82, 2.24) is 20.1 Å². The molecule has 4 rings (SSSR count). The molecule has 1 atom stereocenters. The predicted octanol–water partition coefficient (Wildman–Crippen LogP) is 1.10. The molecule has 2 aromatic rings. The Labute approximate surface area is 198 Å². The number of nitrogens with zero attached hydrogens (tertiary/aromatic N) is 3. The lowest BCUT2D eigenvalue weighted by atomic mass is 9.85. The molecule has 2 N–H and O–H groups in total. The minimum absolute atomic E-state index is 0.0110. The van der Waals surface area contributed by atoms with Crippen LogP contribution < -0.4 is 15.4 Å². The summed E-state index contributed by atoms with van der Waals surface area (Å²) < 4.78 is 5.23. The van der Waals surface area contributed by atoms with Crippen molar-refractivity contribution in [2.45, 2.75) is 13.0 Å². The van der Waals surface area contributed by atoms with Crippen LogP contribution in [0.25, 0.3) is 0 Å². The van der Waals surface area contributed by atoms with Crippen molar-refractivity contribution in [3.8, 4) is 17.6 Å². The quantitative estimate of drug-likeness (QED) is 0.470. The van der Waals surface area contributed by atoms with Crippen LogP contribution in [0.1, 0.15) is 27.9 Å². The second-order valence-corrected chi connectivity index (χ2v) is 8.70. The van der Waals surface area contributed by atoms with Crippen LogP contribution in [0.5, 0.6) is 5.75 Å². The number of likely N-dealkylation sites (N-methyl/N-ethyl adjacent to an activating group) is 1. The highest BCUT2D eigenvalue weighted by atomic mass is 16.5. The van der Waals surface area contributed by atoms with Crippen molar-refractivity contribution in [2.75, 3.05) is 46.2 Å². The first-order valence-electron chi connectivity index (χ1n) is 11.0. The van der Waals surface area contributed by atoms with Gasteiger partial charge in [-0.05, 0) is 43.9 Å². The minimum atomic E-state index is -1.34. The molecule has 34 heavy (non-hydrogen) atoms. The van der Waals surface area contributed by atoms with Crippen molar-refractivity contribution < 1.29 is 19.1 Å². The van der Waals surface area contributed by atoms with Crippen LogP contribution in [-0.2, 0) is 16.1 Å². The summed E-state index contributed by atoms with van der Waals surface area (Å²) >= 11 is 0. The summed E-state index contributed by atoms with van der Waals surface area (Å²) in [7, 11) is 5.50. The summed E-state index contributed by atoms with van der Waals surface area (Å²) in [6.45, 7) is 1.84. The number of imide groups is 1. The van der Waals surface area contributed by atoms with Crippen LogP contribution in [0.3, 0.4) is 0 Å². The number of anilines is 1. The summed E-state index contributed by atoms with van der Waals surface area (Å²) in [6.07, 6.45) is 1.56. The van der Waals surface area contributed by atoms with E-state index in [1.54, 1.807) is 36.4 Å². The lowest BCUT2D eigenvalue weighted by molar-refractivity contribution is -0.127. The summed E-state index contributed by atoms with van der Waals surface area (Å²) in [5.41, 5.74) is 0.661. The van der Waals surface area contributed by atoms with Gasteiger partial charge < -0.3 is 19.9 Å². The van der Waals surface area contributed by atoms with Crippen molar-refractivity contribution >= 4 is 23.5 Å². The molecule has 0 saturated carbocycles. The van der Waals surface area contributed by atoms with Crippen LogP contribution in [0, 0.1) is 17.3 Å². The molecule has 0 aliphatic carbocycles. The van der Waals surface area contributed by atoms with Crippen LogP contribution in [-0.4, -0.2) is 73.3 Å². The average Bonchev–Trinajstić information content (AvgIpc) is 3.27. The molecule has 1 aromatic heterocycles. The predicted molar refractivity (Wildman–Crippen MR) is 126 cm³/mol. The number of nitrogens with one attached hydrogen (secondary N) is 2. The largest absolute Gasteiger partial charge is 0.497 e. The fourth-order valence-corrected chi connectivity index (χ4v) is 4.07. The molecule has 3 amide bonds. The first kappa shape index (κ1) is 23.3. The van der Waals surface area contributed by atoms with Gasteiger partial charge >= 0.3 is 0 Å². The molecule has 9 heteroatoms. The van der Waals surface area contributed by atoms with Gasteiger partial charge in [0, 0.05) is 37.9 Å². The number of carbonyl (C=O) groups excluding carboxylic acids is 3. The molecule has 3 heterocycles. The van der Waals surface area contributed by atoms with E-state index < -0.39 is 17.2 Å². The molecular weight excluding hydrogens is 434 g/mol. The van der Waals surface area contributed by atoms with E-state index in [9.17, 15) is 14.4 Å². The smallest absolute Gasteiger partial charge is 0.254 e. The number of rotatable bonds is 7. The zero-order chi connectivity index (χ0) is 24.3. The number of fused-ring (bicyclic) bond motifs is 1. The molecule has 2 aliphatic heterocycles. The van der Waals surface area contributed by atoms with E-state index in [4.69, 9.17) is 4.74 Å². The number of amides is 3. The Bertz CT molecular complexity index is 1200. The Hall–Kier alpha value is -3.90. The van der Waals surface area contributed by atoms with E-state index in [2.05, 4.69) is 27.5 Å². The molecule has 0 spiro atoms. The number of methoxy groups -OCH3 is 1. The fourth-order valence-electron chi connectivity index (χ4n) is 4.07. The first-order chi connectivity index (χ1) is 16.3. The van der Waals surface area contributed by atoms with Gasteiger partial charge in [-0.25, -0.2) is 4.98 Å². The molecule has 1 aromatic carbocycles. The molecule has 1 fully saturated rings. The SMILES string of the molecule is COc1ccc2c(c1)C(=O)N(CC1(C#Cc3cccnc3NCCN(C)C)CC(=O)NC1=O)C2. The second kappa shape index (κ2) is 9.53. The van der Waals surface area contributed by atoms with Crippen molar-refractivity contribution in [3.63, 3.8) is 0 Å². The van der Waals surface area contributed by atoms with Gasteiger partial charge in [-0.3, -0.25) is 19.7 Å². The number of ether oxygens (including phenoxy) is 1. The maximum absolute atomic E-state index is 13.1. The van der Waals surface area contributed by atoms with Gasteiger partial charge in [0.15, 0.2) is 0 Å². The van der Waals surface area contributed by atoms with Gasteiger partial charge in [-0.2, -0.15) is 0 Å². The number of carbonyl (C=O) groups is 3. The molecule has 0 bridgehead atoms. The molecular formula is C25H27N5O4. The van der Waals surface area contributed by atoms with Gasteiger partial charge in [0.2, 0.25) is 11.8 Å². The second-order valence-electron chi connectivity index (χ2n) is 8.70. The van der Waals surface area contributed by atoms with Gasteiger partial charge in [-0.15, -0.1) is 0 Å². The van der Waals surface area contributed by atoms with Crippen LogP contribution in [0.4, 0.5) is 5.82 Å². The van der Waals surface area contributed by atoms with Gasteiger partial charge in [0.25, 0.3) is 5.91 Å². The highest BCUT2D eigenvalue weighted by Gasteiger charge is 2.48. The third-order valence-electron chi connectivity index (χ3n) is 5.90. The molecule has 2 aliphatic rings. The van der Waals surface area contributed by atoms with Gasteiger partial charge in [0.1, 0.15) is 17.0 Å². The highest BCUT2D eigenvalue weighted by molar-refractivity contribution is 6.08. The van der Waals surface area contributed by atoms with Crippen LogP contribution in [0.15, 0.2) is 36.5 Å². The summed E-state index contributed by atoms with van der Waals surface area (Å²) in [6, 6.07) is 8.90. The number of pyridine rings is 1. The van der Waals surface area contributed by atoms with E-state index in [-0.39, 0.29) is 18.9 Å². The Morgan fingerprint density at radius 2 is 2.09 bits per heavy atom. The number of aromatic nitrogens is 1. The normalized spacial score (nSPS) is 19.1. The molecule has 176 valence electrons. The van der Waals surface area contributed by atoms with E-state index in [1.165, 1.54) is 0 Å². The van der Waals surface area contributed by atoms with E-state index in [0.29, 0.717) is 35.8 Å². The topological polar surface area (TPSA) is 104 Å². The average molecular weight is 462 g/mol. The standard InChI is InChI=1S/C25H27N5O4/c1-29(2)12-11-27-22-17(5-4-10-26-22)8-9-25(14-21(31)28-24(25)33)16-30-15-18-6-7-19(34-3)13-20(18)23(30)32/h4-7,10,13H,11-12,14-16H2,1-3H3,(H,26,27)(H,28,31,33).